The Labute approximate surface area is 119 Å². The molecule has 110 valence electrons. The Balaban J connectivity index is 1.79. The number of rotatable bonds is 2. The van der Waals surface area contributed by atoms with E-state index in [1.165, 1.54) is 32.1 Å². The molecule has 6 nitrogen and oxygen atoms in total. The number of methoxy groups -OCH3 is 1. The third-order valence-corrected chi connectivity index (χ3v) is 4.66. The van der Waals surface area contributed by atoms with Gasteiger partial charge in [-0.2, -0.15) is 4.98 Å². The van der Waals surface area contributed by atoms with Crippen LogP contribution in [-0.4, -0.2) is 54.7 Å². The number of fused-ring (bicyclic) bond motifs is 1. The summed E-state index contributed by atoms with van der Waals surface area (Å²) in [6.07, 6.45) is 5.29. The van der Waals surface area contributed by atoms with Crippen LogP contribution in [-0.2, 0) is 0 Å². The van der Waals surface area contributed by atoms with Crippen molar-refractivity contribution in [2.24, 2.45) is 5.92 Å². The highest BCUT2D eigenvalue weighted by Crippen LogP contribution is 2.34. The zero-order chi connectivity index (χ0) is 14.1. The summed E-state index contributed by atoms with van der Waals surface area (Å²) in [5, 5.41) is 0. The average molecular weight is 277 g/mol. The molecule has 1 aromatic heterocycles. The molecule has 0 saturated carbocycles. The lowest BCUT2D eigenvalue weighted by Crippen LogP contribution is -2.53. The molecular formula is C14H23N5O. The van der Waals surface area contributed by atoms with Crippen molar-refractivity contribution in [2.75, 3.05) is 44.4 Å². The second-order valence-corrected chi connectivity index (χ2v) is 5.81. The fraction of sp³-hybridized carbons (Fsp3) is 0.714. The first-order valence-electron chi connectivity index (χ1n) is 7.30. The Morgan fingerprint density at radius 3 is 2.95 bits per heavy atom. The Bertz CT molecular complexity index is 481. The first-order chi connectivity index (χ1) is 9.70. The number of hydrogen-bond donors (Lipinski definition) is 1. The molecule has 2 saturated heterocycles. The predicted molar refractivity (Wildman–Crippen MR) is 79.0 cm³/mol. The molecule has 2 aliphatic heterocycles. The lowest BCUT2D eigenvalue weighted by atomic mass is 9.84. The van der Waals surface area contributed by atoms with Crippen molar-refractivity contribution in [3.05, 3.63) is 6.33 Å². The summed E-state index contributed by atoms with van der Waals surface area (Å²) in [6.45, 7) is 3.25. The molecule has 2 aliphatic rings. The van der Waals surface area contributed by atoms with E-state index < -0.39 is 0 Å². The van der Waals surface area contributed by atoms with E-state index in [1.807, 2.05) is 0 Å². The first kappa shape index (κ1) is 13.4. The van der Waals surface area contributed by atoms with Gasteiger partial charge in [0.25, 0.3) is 0 Å². The van der Waals surface area contributed by atoms with Crippen LogP contribution in [0, 0.1) is 5.92 Å². The van der Waals surface area contributed by atoms with E-state index in [0.29, 0.717) is 23.5 Å². The Kier molecular flexibility index (Phi) is 3.65. The molecule has 0 bridgehead atoms. The van der Waals surface area contributed by atoms with E-state index in [0.717, 1.165) is 18.9 Å². The predicted octanol–water partition coefficient (Wildman–Crippen LogP) is 0.988. The molecule has 2 atom stereocenters. The van der Waals surface area contributed by atoms with Gasteiger partial charge in [0.1, 0.15) is 12.0 Å². The second kappa shape index (κ2) is 5.44. The first-order valence-corrected chi connectivity index (χ1v) is 7.30. The minimum absolute atomic E-state index is 0.470. The van der Waals surface area contributed by atoms with Crippen LogP contribution in [0.1, 0.15) is 19.3 Å². The maximum atomic E-state index is 6.12. The molecule has 0 amide bonds. The van der Waals surface area contributed by atoms with Gasteiger partial charge in [-0.1, -0.05) is 0 Å². The van der Waals surface area contributed by atoms with Crippen LogP contribution < -0.4 is 15.4 Å². The standard InChI is InChI=1S/C14H23N5O/c1-18-6-3-4-10-8-19(7-5-11(10)18)13-12(15)14(20-2)17-9-16-13/h9-11H,3-8,15H2,1-2H3. The Morgan fingerprint density at radius 2 is 2.15 bits per heavy atom. The van der Waals surface area contributed by atoms with Crippen molar-refractivity contribution in [2.45, 2.75) is 25.3 Å². The van der Waals surface area contributed by atoms with Crippen LogP contribution in [0.2, 0.25) is 0 Å². The molecule has 0 radical (unpaired) electrons. The lowest BCUT2D eigenvalue weighted by Gasteiger charge is -2.46. The van der Waals surface area contributed by atoms with Crippen LogP contribution in [0.3, 0.4) is 0 Å². The minimum Gasteiger partial charge on any atom is -0.479 e. The van der Waals surface area contributed by atoms with Crippen molar-refractivity contribution < 1.29 is 4.74 Å². The monoisotopic (exact) mass is 277 g/mol. The summed E-state index contributed by atoms with van der Waals surface area (Å²) in [7, 11) is 3.83. The van der Waals surface area contributed by atoms with E-state index in [-0.39, 0.29) is 0 Å². The third-order valence-electron chi connectivity index (χ3n) is 4.66. The van der Waals surface area contributed by atoms with Gasteiger partial charge in [-0.3, -0.25) is 0 Å². The molecule has 20 heavy (non-hydrogen) atoms. The molecule has 0 spiro atoms. The van der Waals surface area contributed by atoms with Gasteiger partial charge in [0.15, 0.2) is 5.82 Å². The summed E-state index contributed by atoms with van der Waals surface area (Å²) >= 11 is 0. The summed E-state index contributed by atoms with van der Waals surface area (Å²) in [5.41, 5.74) is 6.67. The quantitative estimate of drug-likeness (QED) is 0.869. The van der Waals surface area contributed by atoms with Gasteiger partial charge in [-0.05, 0) is 38.8 Å². The zero-order valence-corrected chi connectivity index (χ0v) is 12.2. The van der Waals surface area contributed by atoms with E-state index in [1.54, 1.807) is 7.11 Å². The van der Waals surface area contributed by atoms with Crippen molar-refractivity contribution in [1.82, 2.24) is 14.9 Å². The largest absolute Gasteiger partial charge is 0.479 e. The van der Waals surface area contributed by atoms with E-state index >= 15 is 0 Å². The molecule has 1 aromatic rings. The van der Waals surface area contributed by atoms with Crippen LogP contribution in [0.4, 0.5) is 11.5 Å². The topological polar surface area (TPSA) is 67.5 Å². The van der Waals surface area contributed by atoms with Gasteiger partial charge in [0, 0.05) is 19.1 Å². The molecule has 6 heteroatoms. The number of aromatic nitrogens is 2. The number of nitrogen functional groups attached to an aromatic ring is 1. The smallest absolute Gasteiger partial charge is 0.242 e. The van der Waals surface area contributed by atoms with Crippen LogP contribution in [0.25, 0.3) is 0 Å². The fourth-order valence-electron chi connectivity index (χ4n) is 3.63. The highest BCUT2D eigenvalue weighted by atomic mass is 16.5. The van der Waals surface area contributed by atoms with E-state index in [2.05, 4.69) is 26.8 Å². The SMILES string of the molecule is COc1ncnc(N2CCC3C(CCCN3C)C2)c1N. The molecular weight excluding hydrogens is 254 g/mol. The highest BCUT2D eigenvalue weighted by Gasteiger charge is 2.35. The fourth-order valence-corrected chi connectivity index (χ4v) is 3.63. The van der Waals surface area contributed by atoms with Gasteiger partial charge in [0.2, 0.25) is 5.88 Å². The molecule has 2 fully saturated rings. The number of anilines is 2. The zero-order valence-electron chi connectivity index (χ0n) is 12.2. The molecule has 3 heterocycles. The van der Waals surface area contributed by atoms with Gasteiger partial charge in [-0.25, -0.2) is 4.98 Å². The highest BCUT2D eigenvalue weighted by molar-refractivity contribution is 5.67. The van der Waals surface area contributed by atoms with Gasteiger partial charge in [0.05, 0.1) is 7.11 Å². The van der Waals surface area contributed by atoms with E-state index in [9.17, 15) is 0 Å². The van der Waals surface area contributed by atoms with Crippen LogP contribution >= 0.6 is 0 Å². The molecule has 2 unspecified atom stereocenters. The van der Waals surface area contributed by atoms with Gasteiger partial charge >= 0.3 is 0 Å². The Morgan fingerprint density at radius 1 is 1.30 bits per heavy atom. The van der Waals surface area contributed by atoms with Crippen molar-refractivity contribution in [3.8, 4) is 5.88 Å². The number of nitrogens with zero attached hydrogens (tertiary/aromatic N) is 4. The molecule has 2 N–H and O–H groups in total. The second-order valence-electron chi connectivity index (χ2n) is 5.81. The van der Waals surface area contributed by atoms with Gasteiger partial charge in [-0.15, -0.1) is 0 Å². The van der Waals surface area contributed by atoms with Crippen LogP contribution in [0.5, 0.6) is 5.88 Å². The normalized spacial score (nSPS) is 27.2. The average Bonchev–Trinajstić information content (AvgIpc) is 2.47. The maximum absolute atomic E-state index is 6.12. The Hall–Kier alpha value is -1.56. The number of hydrogen-bond acceptors (Lipinski definition) is 6. The van der Waals surface area contributed by atoms with Crippen molar-refractivity contribution in [3.63, 3.8) is 0 Å². The van der Waals surface area contributed by atoms with E-state index in [4.69, 9.17) is 10.5 Å². The number of likely N-dealkylation sites (tertiary alicyclic amines) is 1. The maximum Gasteiger partial charge on any atom is 0.242 e. The summed E-state index contributed by atoms with van der Waals surface area (Å²) in [6, 6.07) is 0.713. The summed E-state index contributed by atoms with van der Waals surface area (Å²) in [4.78, 5) is 13.2. The lowest BCUT2D eigenvalue weighted by molar-refractivity contribution is 0.102. The molecule has 3 rings (SSSR count). The van der Waals surface area contributed by atoms with Crippen molar-refractivity contribution in [1.29, 1.82) is 0 Å². The van der Waals surface area contributed by atoms with Gasteiger partial charge < -0.3 is 20.3 Å². The van der Waals surface area contributed by atoms with Crippen molar-refractivity contribution >= 4 is 11.5 Å². The van der Waals surface area contributed by atoms with Crippen LogP contribution in [0.15, 0.2) is 6.33 Å². The minimum atomic E-state index is 0.470. The third kappa shape index (κ3) is 2.28. The number of piperidine rings is 2. The number of ether oxygens (including phenoxy) is 1. The molecule has 0 aliphatic carbocycles. The number of nitrogens with two attached hydrogens (primary N) is 1. The molecule has 0 aromatic carbocycles. The summed E-state index contributed by atoms with van der Waals surface area (Å²) in [5.74, 6) is 2.00. The summed E-state index contributed by atoms with van der Waals surface area (Å²) < 4.78 is 5.19.